The number of methoxy groups -OCH3 is 1. The number of nitrogens with one attached hydrogen (secondary N) is 2. The molecule has 8 nitrogen and oxygen atoms in total. The Morgan fingerprint density at radius 1 is 1.22 bits per heavy atom. The summed E-state index contributed by atoms with van der Waals surface area (Å²) in [6.45, 7) is 4.20. The van der Waals surface area contributed by atoms with Gasteiger partial charge in [-0.1, -0.05) is 37.1 Å². The highest BCUT2D eigenvalue weighted by atomic mass is 16.5. The van der Waals surface area contributed by atoms with Gasteiger partial charge in [-0.25, -0.2) is 4.79 Å². The van der Waals surface area contributed by atoms with E-state index in [2.05, 4.69) is 22.7 Å². The lowest BCUT2D eigenvalue weighted by atomic mass is 10.2. The van der Waals surface area contributed by atoms with Crippen LogP contribution in [-0.2, 0) is 4.79 Å². The van der Waals surface area contributed by atoms with Gasteiger partial charge in [-0.2, -0.15) is 0 Å². The van der Waals surface area contributed by atoms with Crippen molar-refractivity contribution in [2.45, 2.75) is 33.1 Å². The Morgan fingerprint density at radius 3 is 2.67 bits per heavy atom. The van der Waals surface area contributed by atoms with Crippen LogP contribution in [0.5, 0.6) is 5.75 Å². The standard InChI is InChI=1S/C19H26N4O4/c1-4-5-8-11-23(13-18(24)21-17-12-14(2)27-22-17)19(25)20-15-9-6-7-10-16(15)26-3/h6-7,9-10,12H,4-5,8,11,13H2,1-3H3,(H,20,25)(H,21,22,24). The molecule has 146 valence electrons. The molecule has 0 aliphatic carbocycles. The van der Waals surface area contributed by atoms with E-state index in [1.54, 1.807) is 31.2 Å². The predicted octanol–water partition coefficient (Wildman–Crippen LogP) is 3.65. The lowest BCUT2D eigenvalue weighted by Crippen LogP contribution is -2.41. The molecular weight excluding hydrogens is 348 g/mol. The summed E-state index contributed by atoms with van der Waals surface area (Å²) in [5.41, 5.74) is 0.554. The minimum Gasteiger partial charge on any atom is -0.495 e. The first-order chi connectivity index (χ1) is 13.0. The molecular formula is C19H26N4O4. The molecule has 0 saturated heterocycles. The molecule has 2 aromatic rings. The smallest absolute Gasteiger partial charge is 0.322 e. The topological polar surface area (TPSA) is 96.7 Å². The van der Waals surface area contributed by atoms with E-state index in [4.69, 9.17) is 9.26 Å². The summed E-state index contributed by atoms with van der Waals surface area (Å²) in [7, 11) is 1.54. The molecule has 0 spiro atoms. The zero-order chi connectivity index (χ0) is 19.6. The van der Waals surface area contributed by atoms with Crippen molar-refractivity contribution >= 4 is 23.4 Å². The van der Waals surface area contributed by atoms with Gasteiger partial charge in [0.05, 0.1) is 12.8 Å². The lowest BCUT2D eigenvalue weighted by Gasteiger charge is -2.23. The monoisotopic (exact) mass is 374 g/mol. The number of anilines is 2. The maximum atomic E-state index is 12.7. The molecule has 27 heavy (non-hydrogen) atoms. The van der Waals surface area contributed by atoms with Crippen molar-refractivity contribution in [3.8, 4) is 5.75 Å². The zero-order valence-corrected chi connectivity index (χ0v) is 15.9. The minimum absolute atomic E-state index is 0.0867. The molecule has 8 heteroatoms. The Bertz CT molecular complexity index is 760. The van der Waals surface area contributed by atoms with Gasteiger partial charge < -0.3 is 24.8 Å². The van der Waals surface area contributed by atoms with Crippen molar-refractivity contribution in [2.75, 3.05) is 30.8 Å². The number of nitrogens with zero attached hydrogens (tertiary/aromatic N) is 2. The molecule has 1 aromatic heterocycles. The number of urea groups is 1. The zero-order valence-electron chi connectivity index (χ0n) is 15.9. The van der Waals surface area contributed by atoms with Gasteiger partial charge in [-0.3, -0.25) is 4.79 Å². The number of hydrogen-bond acceptors (Lipinski definition) is 5. The maximum Gasteiger partial charge on any atom is 0.322 e. The molecule has 0 aliphatic rings. The molecule has 0 atom stereocenters. The fourth-order valence-corrected chi connectivity index (χ4v) is 2.53. The number of amides is 3. The average Bonchev–Trinajstić information content (AvgIpc) is 3.06. The average molecular weight is 374 g/mol. The van der Waals surface area contributed by atoms with Crippen LogP contribution in [0.4, 0.5) is 16.3 Å². The summed E-state index contributed by atoms with van der Waals surface area (Å²) < 4.78 is 10.2. The Hall–Kier alpha value is -3.03. The third kappa shape index (κ3) is 6.32. The number of ether oxygens (including phenoxy) is 1. The Balaban J connectivity index is 2.03. The van der Waals surface area contributed by atoms with Crippen molar-refractivity contribution in [3.05, 3.63) is 36.1 Å². The number of hydrogen-bond donors (Lipinski definition) is 2. The van der Waals surface area contributed by atoms with E-state index in [-0.39, 0.29) is 18.5 Å². The lowest BCUT2D eigenvalue weighted by molar-refractivity contribution is -0.116. The summed E-state index contributed by atoms with van der Waals surface area (Å²) in [5, 5.41) is 9.18. The highest BCUT2D eigenvalue weighted by molar-refractivity contribution is 5.97. The number of unbranched alkanes of at least 4 members (excludes halogenated alkanes) is 2. The highest BCUT2D eigenvalue weighted by Crippen LogP contribution is 2.23. The number of para-hydroxylation sites is 2. The van der Waals surface area contributed by atoms with Gasteiger partial charge in [-0.05, 0) is 25.5 Å². The van der Waals surface area contributed by atoms with Gasteiger partial charge in [0.1, 0.15) is 18.1 Å². The van der Waals surface area contributed by atoms with Gasteiger partial charge in [0.2, 0.25) is 5.91 Å². The number of carbonyl (C=O) groups is 2. The number of rotatable bonds is 9. The first kappa shape index (κ1) is 20.3. The van der Waals surface area contributed by atoms with Gasteiger partial charge >= 0.3 is 6.03 Å². The second kappa shape index (κ2) is 10.2. The molecule has 0 saturated carbocycles. The fourth-order valence-electron chi connectivity index (χ4n) is 2.53. The molecule has 2 rings (SSSR count). The van der Waals surface area contributed by atoms with Gasteiger partial charge in [0.25, 0.3) is 0 Å². The van der Waals surface area contributed by atoms with Gasteiger partial charge in [0, 0.05) is 12.6 Å². The van der Waals surface area contributed by atoms with Crippen LogP contribution in [0.2, 0.25) is 0 Å². The van der Waals surface area contributed by atoms with Crippen molar-refractivity contribution < 1.29 is 18.8 Å². The molecule has 1 aromatic carbocycles. The summed E-state index contributed by atoms with van der Waals surface area (Å²) in [4.78, 5) is 26.5. The first-order valence-electron chi connectivity index (χ1n) is 8.95. The summed E-state index contributed by atoms with van der Waals surface area (Å²) in [6.07, 6.45) is 2.81. The van der Waals surface area contributed by atoms with E-state index >= 15 is 0 Å². The maximum absolute atomic E-state index is 12.7. The Morgan fingerprint density at radius 2 is 2.00 bits per heavy atom. The molecule has 0 fully saturated rings. The van der Waals surface area contributed by atoms with E-state index in [0.29, 0.717) is 29.6 Å². The molecule has 3 amide bonds. The Labute approximate surface area is 158 Å². The van der Waals surface area contributed by atoms with Crippen molar-refractivity contribution in [1.29, 1.82) is 0 Å². The predicted molar refractivity (Wildman–Crippen MR) is 103 cm³/mol. The summed E-state index contributed by atoms with van der Waals surface area (Å²) in [6, 6.07) is 8.39. The van der Waals surface area contributed by atoms with E-state index in [1.807, 2.05) is 6.07 Å². The van der Waals surface area contributed by atoms with Gasteiger partial charge in [0.15, 0.2) is 5.82 Å². The number of benzene rings is 1. The molecule has 0 aliphatic heterocycles. The second-order valence-corrected chi connectivity index (χ2v) is 6.13. The minimum atomic E-state index is -0.359. The summed E-state index contributed by atoms with van der Waals surface area (Å²) >= 11 is 0. The van der Waals surface area contributed by atoms with E-state index < -0.39 is 0 Å². The van der Waals surface area contributed by atoms with Crippen LogP contribution in [0.1, 0.15) is 31.9 Å². The molecule has 0 radical (unpaired) electrons. The first-order valence-corrected chi connectivity index (χ1v) is 8.95. The molecule has 0 unspecified atom stereocenters. The normalized spacial score (nSPS) is 10.3. The number of aryl methyl sites for hydroxylation is 1. The van der Waals surface area contributed by atoms with Crippen LogP contribution in [0, 0.1) is 6.92 Å². The van der Waals surface area contributed by atoms with Crippen molar-refractivity contribution in [1.82, 2.24) is 10.1 Å². The summed E-state index contributed by atoms with van der Waals surface area (Å²) in [5.74, 6) is 1.15. The van der Waals surface area contributed by atoms with Crippen LogP contribution in [-0.4, -0.2) is 42.2 Å². The van der Waals surface area contributed by atoms with E-state index in [9.17, 15) is 9.59 Å². The van der Waals surface area contributed by atoms with Gasteiger partial charge in [-0.15, -0.1) is 0 Å². The number of carbonyl (C=O) groups excluding carboxylic acids is 2. The highest BCUT2D eigenvalue weighted by Gasteiger charge is 2.19. The quantitative estimate of drug-likeness (QED) is 0.653. The SMILES string of the molecule is CCCCCN(CC(=O)Nc1cc(C)on1)C(=O)Nc1ccccc1OC. The molecule has 0 bridgehead atoms. The second-order valence-electron chi connectivity index (χ2n) is 6.13. The van der Waals surface area contributed by atoms with Crippen molar-refractivity contribution in [3.63, 3.8) is 0 Å². The van der Waals surface area contributed by atoms with E-state index in [0.717, 1.165) is 19.3 Å². The van der Waals surface area contributed by atoms with Crippen LogP contribution >= 0.6 is 0 Å². The van der Waals surface area contributed by atoms with Crippen LogP contribution in [0.3, 0.4) is 0 Å². The third-order valence-electron chi connectivity index (χ3n) is 3.90. The largest absolute Gasteiger partial charge is 0.495 e. The molecule has 2 N–H and O–H groups in total. The van der Waals surface area contributed by atoms with Crippen LogP contribution < -0.4 is 15.4 Å². The third-order valence-corrected chi connectivity index (χ3v) is 3.90. The Kier molecular flexibility index (Phi) is 7.66. The fraction of sp³-hybridized carbons (Fsp3) is 0.421. The van der Waals surface area contributed by atoms with Crippen LogP contribution in [0.15, 0.2) is 34.9 Å². The molecule has 1 heterocycles. The van der Waals surface area contributed by atoms with E-state index in [1.165, 1.54) is 12.0 Å². The van der Waals surface area contributed by atoms with Crippen LogP contribution in [0.25, 0.3) is 0 Å². The number of aromatic nitrogens is 1. The van der Waals surface area contributed by atoms with Crippen molar-refractivity contribution in [2.24, 2.45) is 0 Å².